The van der Waals surface area contributed by atoms with Crippen molar-refractivity contribution in [3.8, 4) is 0 Å². The lowest BCUT2D eigenvalue weighted by Crippen LogP contribution is -2.31. The quantitative estimate of drug-likeness (QED) is 0.778. The van der Waals surface area contributed by atoms with Gasteiger partial charge in [0.1, 0.15) is 0 Å². The van der Waals surface area contributed by atoms with Gasteiger partial charge in [-0.05, 0) is 44.5 Å². The largest absolute Gasteiger partial charge is 0.343 e. The summed E-state index contributed by atoms with van der Waals surface area (Å²) in [6.07, 6.45) is 0. The first-order valence-electron chi connectivity index (χ1n) is 7.88. The van der Waals surface area contributed by atoms with Gasteiger partial charge in [0.15, 0.2) is 0 Å². The van der Waals surface area contributed by atoms with Crippen molar-refractivity contribution in [2.45, 2.75) is 20.8 Å². The molecule has 4 heteroatoms. The maximum atomic E-state index is 12.8. The third-order valence-corrected chi connectivity index (χ3v) is 4.39. The Labute approximate surface area is 143 Å². The van der Waals surface area contributed by atoms with Crippen LogP contribution in [0.4, 0.5) is 11.4 Å². The summed E-state index contributed by atoms with van der Waals surface area (Å²) >= 11 is 6.45. The molecule has 23 heavy (non-hydrogen) atoms. The summed E-state index contributed by atoms with van der Waals surface area (Å²) < 4.78 is 0. The summed E-state index contributed by atoms with van der Waals surface area (Å²) in [5.74, 6) is 0.00735. The van der Waals surface area contributed by atoms with Crippen LogP contribution in [0, 0.1) is 6.92 Å². The molecule has 0 aromatic heterocycles. The van der Waals surface area contributed by atoms with Crippen molar-refractivity contribution in [3.05, 3.63) is 58.6 Å². The third kappa shape index (κ3) is 3.50. The second-order valence-electron chi connectivity index (χ2n) is 5.46. The summed E-state index contributed by atoms with van der Waals surface area (Å²) in [5.41, 5.74) is 3.55. The molecular formula is C19H23ClN2O. The first-order valence-corrected chi connectivity index (χ1v) is 8.26. The number of nitrogens with zero attached hydrogens (tertiary/aromatic N) is 2. The Morgan fingerprint density at radius 3 is 2.30 bits per heavy atom. The second kappa shape index (κ2) is 7.51. The molecule has 0 N–H and O–H groups in total. The zero-order valence-electron chi connectivity index (χ0n) is 14.1. The Kier molecular flexibility index (Phi) is 5.67. The van der Waals surface area contributed by atoms with Gasteiger partial charge < -0.3 is 9.80 Å². The van der Waals surface area contributed by atoms with Crippen molar-refractivity contribution >= 4 is 28.9 Å². The van der Waals surface area contributed by atoms with Gasteiger partial charge in [0, 0.05) is 25.8 Å². The lowest BCUT2D eigenvalue weighted by molar-refractivity contribution is 0.0773. The predicted molar refractivity (Wildman–Crippen MR) is 97.9 cm³/mol. The fraction of sp³-hybridized carbons (Fsp3) is 0.316. The molecule has 0 heterocycles. The summed E-state index contributed by atoms with van der Waals surface area (Å²) in [7, 11) is 1.95. The van der Waals surface area contributed by atoms with Crippen LogP contribution in [0.1, 0.15) is 29.8 Å². The summed E-state index contributed by atoms with van der Waals surface area (Å²) in [6.45, 7) is 7.37. The number of para-hydroxylation sites is 2. The first kappa shape index (κ1) is 17.4. The second-order valence-corrected chi connectivity index (χ2v) is 5.87. The van der Waals surface area contributed by atoms with Crippen LogP contribution in [-0.4, -0.2) is 30.9 Å². The van der Waals surface area contributed by atoms with Crippen molar-refractivity contribution in [2.75, 3.05) is 25.0 Å². The van der Waals surface area contributed by atoms with E-state index in [1.54, 1.807) is 4.90 Å². The Morgan fingerprint density at radius 2 is 1.70 bits per heavy atom. The fourth-order valence-corrected chi connectivity index (χ4v) is 3.07. The van der Waals surface area contributed by atoms with E-state index >= 15 is 0 Å². The van der Waals surface area contributed by atoms with Crippen LogP contribution < -0.4 is 4.90 Å². The van der Waals surface area contributed by atoms with Gasteiger partial charge in [-0.1, -0.05) is 35.9 Å². The molecule has 0 spiro atoms. The van der Waals surface area contributed by atoms with Crippen LogP contribution in [0.25, 0.3) is 0 Å². The molecule has 2 rings (SSSR count). The van der Waals surface area contributed by atoms with E-state index in [-0.39, 0.29) is 5.91 Å². The van der Waals surface area contributed by atoms with Gasteiger partial charge >= 0.3 is 0 Å². The molecule has 2 aromatic rings. The van der Waals surface area contributed by atoms with Gasteiger partial charge in [0.05, 0.1) is 16.3 Å². The normalized spacial score (nSPS) is 10.5. The fourth-order valence-electron chi connectivity index (χ4n) is 2.77. The molecule has 0 aliphatic carbocycles. The number of carbonyl (C=O) groups excluding carboxylic acids is 1. The number of halogens is 1. The van der Waals surface area contributed by atoms with Gasteiger partial charge in [-0.15, -0.1) is 0 Å². The standard InChI is InChI=1S/C19H23ClN2O/c1-5-22(6-2)19(23)15-11-9-12-16(20)18(15)21(4)17-13-8-7-10-14(17)3/h7-13H,5-6H2,1-4H3. The van der Waals surface area contributed by atoms with Crippen molar-refractivity contribution in [1.29, 1.82) is 0 Å². The van der Waals surface area contributed by atoms with Crippen molar-refractivity contribution in [2.24, 2.45) is 0 Å². The minimum absolute atomic E-state index is 0.00735. The minimum atomic E-state index is 0.00735. The average Bonchev–Trinajstić information content (AvgIpc) is 2.55. The smallest absolute Gasteiger partial charge is 0.256 e. The van der Waals surface area contributed by atoms with Crippen LogP contribution >= 0.6 is 11.6 Å². The lowest BCUT2D eigenvalue weighted by atomic mass is 10.1. The molecular weight excluding hydrogens is 308 g/mol. The summed E-state index contributed by atoms with van der Waals surface area (Å²) in [6, 6.07) is 13.6. The van der Waals surface area contributed by atoms with E-state index in [1.807, 2.05) is 62.2 Å². The zero-order chi connectivity index (χ0) is 17.0. The third-order valence-electron chi connectivity index (χ3n) is 4.08. The number of rotatable bonds is 5. The van der Waals surface area contributed by atoms with E-state index in [0.717, 1.165) is 16.9 Å². The maximum Gasteiger partial charge on any atom is 0.256 e. The van der Waals surface area contributed by atoms with Gasteiger partial charge in [-0.25, -0.2) is 0 Å². The molecule has 0 saturated carbocycles. The van der Waals surface area contributed by atoms with Crippen LogP contribution in [0.2, 0.25) is 5.02 Å². The maximum absolute atomic E-state index is 12.8. The van der Waals surface area contributed by atoms with Gasteiger partial charge in [-0.2, -0.15) is 0 Å². The van der Waals surface area contributed by atoms with Crippen LogP contribution in [0.15, 0.2) is 42.5 Å². The van der Waals surface area contributed by atoms with Crippen molar-refractivity contribution < 1.29 is 4.79 Å². The number of carbonyl (C=O) groups is 1. The highest BCUT2D eigenvalue weighted by atomic mass is 35.5. The molecule has 0 saturated heterocycles. The molecule has 0 radical (unpaired) electrons. The molecule has 0 bridgehead atoms. The lowest BCUT2D eigenvalue weighted by Gasteiger charge is -2.27. The highest BCUT2D eigenvalue weighted by molar-refractivity contribution is 6.34. The van der Waals surface area contributed by atoms with Crippen LogP contribution in [-0.2, 0) is 0 Å². The van der Waals surface area contributed by atoms with Crippen LogP contribution in [0.3, 0.4) is 0 Å². The Hall–Kier alpha value is -2.00. The van der Waals surface area contributed by atoms with Gasteiger partial charge in [0.25, 0.3) is 5.91 Å². The number of anilines is 2. The molecule has 122 valence electrons. The zero-order valence-corrected chi connectivity index (χ0v) is 14.9. The first-order chi connectivity index (χ1) is 11.0. The number of hydrogen-bond acceptors (Lipinski definition) is 2. The summed E-state index contributed by atoms with van der Waals surface area (Å²) in [5, 5.41) is 0.578. The van der Waals surface area contributed by atoms with E-state index in [4.69, 9.17) is 11.6 Å². The SMILES string of the molecule is CCN(CC)C(=O)c1cccc(Cl)c1N(C)c1ccccc1C. The Bertz CT molecular complexity index is 696. The van der Waals surface area contributed by atoms with Crippen molar-refractivity contribution in [3.63, 3.8) is 0 Å². The Morgan fingerprint density at radius 1 is 1.04 bits per heavy atom. The number of amides is 1. The molecule has 0 aliphatic heterocycles. The summed E-state index contributed by atoms with van der Waals surface area (Å²) in [4.78, 5) is 16.6. The van der Waals surface area contributed by atoms with E-state index in [9.17, 15) is 4.79 Å². The molecule has 2 aromatic carbocycles. The average molecular weight is 331 g/mol. The van der Waals surface area contributed by atoms with E-state index < -0.39 is 0 Å². The molecule has 3 nitrogen and oxygen atoms in total. The van der Waals surface area contributed by atoms with E-state index in [1.165, 1.54) is 0 Å². The topological polar surface area (TPSA) is 23.6 Å². The van der Waals surface area contributed by atoms with E-state index in [2.05, 4.69) is 13.0 Å². The molecule has 0 atom stereocenters. The van der Waals surface area contributed by atoms with E-state index in [0.29, 0.717) is 23.7 Å². The highest BCUT2D eigenvalue weighted by Crippen LogP contribution is 2.35. The monoisotopic (exact) mass is 330 g/mol. The Balaban J connectivity index is 2.54. The van der Waals surface area contributed by atoms with Crippen molar-refractivity contribution in [1.82, 2.24) is 4.90 Å². The molecule has 1 amide bonds. The molecule has 0 aliphatic rings. The number of aryl methyl sites for hydroxylation is 1. The number of benzene rings is 2. The molecule has 0 fully saturated rings. The van der Waals surface area contributed by atoms with Gasteiger partial charge in [-0.3, -0.25) is 4.79 Å². The number of hydrogen-bond donors (Lipinski definition) is 0. The van der Waals surface area contributed by atoms with Gasteiger partial charge in [0.2, 0.25) is 0 Å². The van der Waals surface area contributed by atoms with Crippen LogP contribution in [0.5, 0.6) is 0 Å². The molecule has 0 unspecified atom stereocenters. The predicted octanol–water partition coefficient (Wildman–Crippen LogP) is 4.90. The highest BCUT2D eigenvalue weighted by Gasteiger charge is 2.22. The minimum Gasteiger partial charge on any atom is -0.343 e.